The lowest BCUT2D eigenvalue weighted by Gasteiger charge is -2.03. The van der Waals surface area contributed by atoms with Gasteiger partial charge < -0.3 is 5.73 Å². The molecule has 1 aliphatic rings. The van der Waals surface area contributed by atoms with E-state index in [1.807, 2.05) is 0 Å². The van der Waals surface area contributed by atoms with Crippen LogP contribution >= 0.6 is 0 Å². The zero-order valence-corrected chi connectivity index (χ0v) is 10.3. The van der Waals surface area contributed by atoms with E-state index in [1.165, 1.54) is 10.7 Å². The highest BCUT2D eigenvalue weighted by Gasteiger charge is 2.30. The zero-order valence-electron chi connectivity index (χ0n) is 9.53. The highest BCUT2D eigenvalue weighted by Crippen LogP contribution is 2.27. The standard InChI is InChI=1S/C11H10N4O2S/c1-7-6-10(12)13-15(7)11-8-4-2-3-5-9(8)18(16,17)14-11/h2-6H,1H3,(H2,12,13). The molecule has 6 nitrogen and oxygen atoms in total. The highest BCUT2D eigenvalue weighted by atomic mass is 32.2. The zero-order chi connectivity index (χ0) is 12.9. The third-order valence-corrected chi connectivity index (χ3v) is 4.04. The van der Waals surface area contributed by atoms with Gasteiger partial charge in [-0.25, -0.2) is 4.68 Å². The van der Waals surface area contributed by atoms with E-state index in [2.05, 4.69) is 9.50 Å². The molecule has 2 N–H and O–H groups in total. The van der Waals surface area contributed by atoms with Crippen molar-refractivity contribution < 1.29 is 8.42 Å². The number of hydrogen-bond acceptors (Lipinski definition) is 4. The molecule has 1 aromatic carbocycles. The van der Waals surface area contributed by atoms with Crippen LogP contribution in [-0.4, -0.2) is 24.0 Å². The Morgan fingerprint density at radius 3 is 2.67 bits per heavy atom. The summed E-state index contributed by atoms with van der Waals surface area (Å²) in [6.07, 6.45) is 0. The van der Waals surface area contributed by atoms with Gasteiger partial charge in [-0.05, 0) is 19.1 Å². The number of fused-ring (bicyclic) bond motifs is 1. The minimum absolute atomic E-state index is 0.202. The van der Waals surface area contributed by atoms with E-state index in [4.69, 9.17) is 5.73 Å². The second-order valence-electron chi connectivity index (χ2n) is 4.01. The number of nitrogen functional groups attached to an aromatic ring is 1. The Bertz CT molecular complexity index is 774. The molecule has 2 heterocycles. The van der Waals surface area contributed by atoms with E-state index in [0.717, 1.165) is 5.69 Å². The van der Waals surface area contributed by atoms with Crippen molar-refractivity contribution in [3.05, 3.63) is 41.6 Å². The molecule has 0 unspecified atom stereocenters. The summed E-state index contributed by atoms with van der Waals surface area (Å²) in [6, 6.07) is 8.33. The molecule has 1 aliphatic heterocycles. The van der Waals surface area contributed by atoms with Crippen LogP contribution in [-0.2, 0) is 10.0 Å². The van der Waals surface area contributed by atoms with Crippen LogP contribution in [0.3, 0.4) is 0 Å². The Hall–Kier alpha value is -2.15. The van der Waals surface area contributed by atoms with Gasteiger partial charge in [0.05, 0.1) is 0 Å². The van der Waals surface area contributed by atoms with Gasteiger partial charge in [0.1, 0.15) is 10.7 Å². The molecule has 0 amide bonds. The van der Waals surface area contributed by atoms with Crippen molar-refractivity contribution in [3.8, 4) is 0 Å². The monoisotopic (exact) mass is 262 g/mol. The predicted octanol–water partition coefficient (Wildman–Crippen LogP) is 0.771. The summed E-state index contributed by atoms with van der Waals surface area (Å²) in [5.41, 5.74) is 6.88. The van der Waals surface area contributed by atoms with Gasteiger partial charge in [0.2, 0.25) is 0 Å². The minimum atomic E-state index is -3.62. The van der Waals surface area contributed by atoms with Gasteiger partial charge in [-0.1, -0.05) is 12.1 Å². The first-order valence-corrected chi connectivity index (χ1v) is 6.70. The molecular weight excluding hydrogens is 252 g/mol. The van der Waals surface area contributed by atoms with Crippen LogP contribution in [0, 0.1) is 6.92 Å². The van der Waals surface area contributed by atoms with E-state index in [0.29, 0.717) is 17.2 Å². The van der Waals surface area contributed by atoms with Crippen molar-refractivity contribution in [2.45, 2.75) is 11.8 Å². The van der Waals surface area contributed by atoms with Gasteiger partial charge >= 0.3 is 0 Å². The van der Waals surface area contributed by atoms with Gasteiger partial charge in [-0.3, -0.25) is 0 Å². The molecule has 0 bridgehead atoms. The maximum absolute atomic E-state index is 11.9. The van der Waals surface area contributed by atoms with Gasteiger partial charge in [-0.15, -0.1) is 9.50 Å². The summed E-state index contributed by atoms with van der Waals surface area (Å²) in [4.78, 5) is 0.202. The lowest BCUT2D eigenvalue weighted by molar-refractivity contribution is 0.599. The van der Waals surface area contributed by atoms with Crippen molar-refractivity contribution in [2.24, 2.45) is 4.40 Å². The average Bonchev–Trinajstić information content (AvgIpc) is 2.78. The number of rotatable bonds is 0. The third-order valence-electron chi connectivity index (χ3n) is 2.72. The van der Waals surface area contributed by atoms with Crippen molar-refractivity contribution in [3.63, 3.8) is 0 Å². The smallest absolute Gasteiger partial charge is 0.285 e. The molecule has 0 saturated heterocycles. The molecule has 0 radical (unpaired) electrons. The van der Waals surface area contributed by atoms with Crippen LogP contribution in [0.2, 0.25) is 0 Å². The first kappa shape index (κ1) is 11.0. The number of nitrogens with two attached hydrogens (primary N) is 1. The second-order valence-corrected chi connectivity index (χ2v) is 5.58. The van der Waals surface area contributed by atoms with Gasteiger partial charge in [0.25, 0.3) is 10.0 Å². The Kier molecular flexibility index (Phi) is 2.09. The Balaban J connectivity index is 2.30. The minimum Gasteiger partial charge on any atom is -0.382 e. The van der Waals surface area contributed by atoms with Crippen molar-refractivity contribution >= 4 is 21.7 Å². The van der Waals surface area contributed by atoms with E-state index in [9.17, 15) is 8.42 Å². The SMILES string of the molecule is Cc1cc(N)nn1C1=NS(=O)(=O)c2ccccc21. The summed E-state index contributed by atoms with van der Waals surface area (Å²) in [5.74, 6) is 0.622. The van der Waals surface area contributed by atoms with Gasteiger partial charge in [0.15, 0.2) is 5.84 Å². The lowest BCUT2D eigenvalue weighted by atomic mass is 10.2. The van der Waals surface area contributed by atoms with Crippen LogP contribution in [0.4, 0.5) is 5.82 Å². The average molecular weight is 262 g/mol. The first-order chi connectivity index (χ1) is 8.49. The predicted molar refractivity (Wildman–Crippen MR) is 66.9 cm³/mol. The topological polar surface area (TPSA) is 90.3 Å². The molecule has 0 spiro atoms. The second kappa shape index (κ2) is 3.42. The van der Waals surface area contributed by atoms with Crippen LogP contribution in [0.15, 0.2) is 39.6 Å². The Morgan fingerprint density at radius 2 is 2.00 bits per heavy atom. The molecule has 92 valence electrons. The number of sulfonamides is 1. The fourth-order valence-corrected chi connectivity index (χ4v) is 3.14. The number of aromatic nitrogens is 2. The molecule has 7 heteroatoms. The largest absolute Gasteiger partial charge is 0.382 e. The van der Waals surface area contributed by atoms with E-state index < -0.39 is 10.0 Å². The molecule has 18 heavy (non-hydrogen) atoms. The third kappa shape index (κ3) is 1.44. The van der Waals surface area contributed by atoms with E-state index in [1.54, 1.807) is 31.2 Å². The summed E-state index contributed by atoms with van der Waals surface area (Å²) in [6.45, 7) is 1.79. The summed E-state index contributed by atoms with van der Waals surface area (Å²) in [7, 11) is -3.62. The molecule has 2 aromatic rings. The van der Waals surface area contributed by atoms with Crippen LogP contribution in [0.25, 0.3) is 0 Å². The summed E-state index contributed by atoms with van der Waals surface area (Å²) in [5, 5.41) is 4.06. The highest BCUT2D eigenvalue weighted by molar-refractivity contribution is 7.90. The Morgan fingerprint density at radius 1 is 1.28 bits per heavy atom. The normalized spacial score (nSPS) is 16.4. The van der Waals surface area contributed by atoms with E-state index >= 15 is 0 Å². The number of hydrogen-bond donors (Lipinski definition) is 1. The molecule has 0 atom stereocenters. The molecule has 0 aliphatic carbocycles. The maximum atomic E-state index is 11.9. The number of benzene rings is 1. The van der Waals surface area contributed by atoms with E-state index in [-0.39, 0.29) is 4.90 Å². The lowest BCUT2D eigenvalue weighted by Crippen LogP contribution is -2.14. The summed E-state index contributed by atoms with van der Waals surface area (Å²) < 4.78 is 29.0. The van der Waals surface area contributed by atoms with Crippen LogP contribution in [0.5, 0.6) is 0 Å². The molecule has 0 saturated carbocycles. The number of anilines is 1. The number of nitrogens with zero attached hydrogens (tertiary/aromatic N) is 3. The molecule has 3 rings (SSSR count). The van der Waals surface area contributed by atoms with Gasteiger partial charge in [-0.2, -0.15) is 8.42 Å². The van der Waals surface area contributed by atoms with Crippen molar-refractivity contribution in [1.82, 2.24) is 9.78 Å². The molecule has 0 fully saturated rings. The quantitative estimate of drug-likeness (QED) is 0.759. The maximum Gasteiger partial charge on any atom is 0.285 e. The van der Waals surface area contributed by atoms with Crippen molar-refractivity contribution in [1.29, 1.82) is 0 Å². The fraction of sp³-hybridized carbons (Fsp3) is 0.0909. The van der Waals surface area contributed by atoms with Gasteiger partial charge in [0, 0.05) is 17.3 Å². The molecular formula is C11H10N4O2S. The van der Waals surface area contributed by atoms with Crippen LogP contribution in [0.1, 0.15) is 11.3 Å². The number of aryl methyl sites for hydroxylation is 1. The Labute approximate surface area is 104 Å². The van der Waals surface area contributed by atoms with Crippen LogP contribution < -0.4 is 5.73 Å². The van der Waals surface area contributed by atoms with Crippen molar-refractivity contribution in [2.75, 3.05) is 5.73 Å². The summed E-state index contributed by atoms with van der Waals surface area (Å²) >= 11 is 0. The first-order valence-electron chi connectivity index (χ1n) is 5.26. The molecule has 1 aromatic heterocycles. The fourth-order valence-electron chi connectivity index (χ4n) is 1.95.